The summed E-state index contributed by atoms with van der Waals surface area (Å²) in [6.07, 6.45) is 1.14. The Hall–Kier alpha value is -1.87. The summed E-state index contributed by atoms with van der Waals surface area (Å²) in [6, 6.07) is 1.23. The molecule has 0 atom stereocenters. The SMILES string of the molecule is CC(C)(C)c1nnc(Sc2ncc([N+](=O)[O-])cc2Cl)n1N. The Labute approximate surface area is 129 Å². The van der Waals surface area contributed by atoms with Crippen LogP contribution in [0.5, 0.6) is 0 Å². The summed E-state index contributed by atoms with van der Waals surface area (Å²) in [6.45, 7) is 5.89. The van der Waals surface area contributed by atoms with E-state index in [1.807, 2.05) is 20.8 Å². The predicted molar refractivity (Wildman–Crippen MR) is 78.9 cm³/mol. The largest absolute Gasteiger partial charge is 0.336 e. The van der Waals surface area contributed by atoms with Crippen molar-refractivity contribution >= 4 is 29.1 Å². The predicted octanol–water partition coefficient (Wildman–Crippen LogP) is 2.40. The average molecular weight is 329 g/mol. The molecule has 2 heterocycles. The number of pyridine rings is 1. The van der Waals surface area contributed by atoms with E-state index >= 15 is 0 Å². The first-order valence-corrected chi connectivity index (χ1v) is 7.08. The Balaban J connectivity index is 2.31. The Morgan fingerprint density at radius 2 is 2.10 bits per heavy atom. The highest BCUT2D eigenvalue weighted by atomic mass is 35.5. The topological polar surface area (TPSA) is 113 Å². The number of hydrogen-bond acceptors (Lipinski definition) is 7. The smallest absolute Gasteiger partial charge is 0.289 e. The summed E-state index contributed by atoms with van der Waals surface area (Å²) in [4.78, 5) is 14.0. The van der Waals surface area contributed by atoms with E-state index in [1.54, 1.807) is 0 Å². The third-order valence-corrected chi connectivity index (χ3v) is 3.91. The maximum absolute atomic E-state index is 10.6. The molecule has 21 heavy (non-hydrogen) atoms. The van der Waals surface area contributed by atoms with Crippen LogP contribution in [0, 0.1) is 10.1 Å². The molecule has 2 rings (SSSR count). The molecule has 0 saturated carbocycles. The van der Waals surface area contributed by atoms with Crippen molar-refractivity contribution in [2.45, 2.75) is 36.4 Å². The number of nitrogens with two attached hydrogens (primary N) is 1. The number of nitrogens with zero attached hydrogens (tertiary/aromatic N) is 5. The summed E-state index contributed by atoms with van der Waals surface area (Å²) in [7, 11) is 0. The minimum atomic E-state index is -0.559. The summed E-state index contributed by atoms with van der Waals surface area (Å²) < 4.78 is 1.37. The van der Waals surface area contributed by atoms with Gasteiger partial charge in [-0.15, -0.1) is 10.2 Å². The van der Waals surface area contributed by atoms with Gasteiger partial charge in [-0.05, 0) is 11.8 Å². The molecule has 0 fully saturated rings. The van der Waals surface area contributed by atoms with E-state index < -0.39 is 4.92 Å². The van der Waals surface area contributed by atoms with Crippen LogP contribution in [0.4, 0.5) is 5.69 Å². The molecule has 0 saturated heterocycles. The third kappa shape index (κ3) is 3.24. The van der Waals surface area contributed by atoms with Crippen molar-refractivity contribution in [3.63, 3.8) is 0 Å². The first-order chi connectivity index (χ1) is 9.70. The molecule has 112 valence electrons. The van der Waals surface area contributed by atoms with Gasteiger partial charge in [-0.2, -0.15) is 0 Å². The number of halogens is 1. The zero-order valence-electron chi connectivity index (χ0n) is 11.6. The molecule has 0 spiro atoms. The molecule has 0 radical (unpaired) electrons. The van der Waals surface area contributed by atoms with Gasteiger partial charge in [0.1, 0.15) is 11.2 Å². The van der Waals surface area contributed by atoms with Crippen molar-refractivity contribution < 1.29 is 4.92 Å². The number of rotatable bonds is 3. The van der Waals surface area contributed by atoms with Gasteiger partial charge in [0.05, 0.1) is 9.95 Å². The van der Waals surface area contributed by atoms with E-state index in [2.05, 4.69) is 15.2 Å². The fraction of sp³-hybridized carbons (Fsp3) is 0.364. The Kier molecular flexibility index (Phi) is 4.06. The molecule has 2 aromatic heterocycles. The first-order valence-electron chi connectivity index (χ1n) is 5.89. The fourth-order valence-electron chi connectivity index (χ4n) is 1.53. The van der Waals surface area contributed by atoms with Crippen LogP contribution in [-0.2, 0) is 5.41 Å². The number of hydrogen-bond donors (Lipinski definition) is 1. The minimum Gasteiger partial charge on any atom is -0.336 e. The molecular formula is C11H13ClN6O2S. The van der Waals surface area contributed by atoms with Crippen LogP contribution >= 0.6 is 23.4 Å². The van der Waals surface area contributed by atoms with Crippen molar-refractivity contribution in [3.05, 3.63) is 33.2 Å². The maximum Gasteiger partial charge on any atom is 0.289 e. The first kappa shape index (κ1) is 15.5. The molecule has 0 aliphatic carbocycles. The average Bonchev–Trinajstić information content (AvgIpc) is 2.73. The number of nitro groups is 1. The van der Waals surface area contributed by atoms with Crippen LogP contribution in [-0.4, -0.2) is 24.8 Å². The van der Waals surface area contributed by atoms with Gasteiger partial charge in [0.15, 0.2) is 5.82 Å². The monoisotopic (exact) mass is 328 g/mol. The molecule has 2 aromatic rings. The molecule has 0 aliphatic rings. The second-order valence-electron chi connectivity index (χ2n) is 5.27. The Bertz CT molecular complexity index is 697. The Morgan fingerprint density at radius 1 is 1.43 bits per heavy atom. The van der Waals surface area contributed by atoms with Gasteiger partial charge < -0.3 is 5.84 Å². The van der Waals surface area contributed by atoms with Crippen molar-refractivity contribution in [1.29, 1.82) is 0 Å². The van der Waals surface area contributed by atoms with Crippen molar-refractivity contribution in [2.75, 3.05) is 5.84 Å². The quantitative estimate of drug-likeness (QED) is 0.522. The summed E-state index contributed by atoms with van der Waals surface area (Å²) in [5.74, 6) is 6.57. The van der Waals surface area contributed by atoms with Gasteiger partial charge >= 0.3 is 0 Å². The van der Waals surface area contributed by atoms with E-state index in [0.717, 1.165) is 18.0 Å². The molecule has 0 amide bonds. The van der Waals surface area contributed by atoms with Gasteiger partial charge in [-0.1, -0.05) is 32.4 Å². The molecule has 0 unspecified atom stereocenters. The van der Waals surface area contributed by atoms with Gasteiger partial charge in [0, 0.05) is 11.5 Å². The van der Waals surface area contributed by atoms with Crippen LogP contribution in [0.15, 0.2) is 22.4 Å². The number of aromatic nitrogens is 4. The second-order valence-corrected chi connectivity index (χ2v) is 6.63. The van der Waals surface area contributed by atoms with E-state index in [1.165, 1.54) is 10.7 Å². The summed E-state index contributed by atoms with van der Waals surface area (Å²) >= 11 is 7.08. The summed E-state index contributed by atoms with van der Waals surface area (Å²) in [5, 5.41) is 19.6. The van der Waals surface area contributed by atoms with E-state index in [4.69, 9.17) is 17.4 Å². The molecule has 8 nitrogen and oxygen atoms in total. The second kappa shape index (κ2) is 5.49. The molecule has 2 N–H and O–H groups in total. The van der Waals surface area contributed by atoms with Crippen LogP contribution in [0.2, 0.25) is 5.02 Å². The third-order valence-electron chi connectivity index (χ3n) is 2.53. The lowest BCUT2D eigenvalue weighted by molar-refractivity contribution is -0.385. The lowest BCUT2D eigenvalue weighted by atomic mass is 9.96. The van der Waals surface area contributed by atoms with Crippen LogP contribution < -0.4 is 5.84 Å². The molecule has 0 bridgehead atoms. The van der Waals surface area contributed by atoms with Gasteiger partial charge in [0.25, 0.3) is 5.69 Å². The maximum atomic E-state index is 10.6. The zero-order valence-corrected chi connectivity index (χ0v) is 13.1. The fourth-order valence-corrected chi connectivity index (χ4v) is 2.51. The van der Waals surface area contributed by atoms with Crippen LogP contribution in [0.25, 0.3) is 0 Å². The summed E-state index contributed by atoms with van der Waals surface area (Å²) in [5.41, 5.74) is -0.429. The van der Waals surface area contributed by atoms with Crippen LogP contribution in [0.1, 0.15) is 26.6 Å². The normalized spacial score (nSPS) is 11.6. The van der Waals surface area contributed by atoms with Crippen molar-refractivity contribution in [2.24, 2.45) is 0 Å². The van der Waals surface area contributed by atoms with Gasteiger partial charge in [-0.3, -0.25) is 10.1 Å². The van der Waals surface area contributed by atoms with E-state index in [-0.39, 0.29) is 16.1 Å². The van der Waals surface area contributed by atoms with E-state index in [9.17, 15) is 10.1 Å². The van der Waals surface area contributed by atoms with Crippen LogP contribution in [0.3, 0.4) is 0 Å². The van der Waals surface area contributed by atoms with Gasteiger partial charge in [0.2, 0.25) is 5.16 Å². The minimum absolute atomic E-state index is 0.162. The lowest BCUT2D eigenvalue weighted by Crippen LogP contribution is -2.24. The number of nitrogen functional groups attached to an aromatic ring is 1. The molecule has 0 aromatic carbocycles. The Morgan fingerprint density at radius 3 is 2.57 bits per heavy atom. The van der Waals surface area contributed by atoms with Crippen molar-refractivity contribution in [3.8, 4) is 0 Å². The van der Waals surface area contributed by atoms with Gasteiger partial charge in [-0.25, -0.2) is 9.66 Å². The standard InChI is InChI=1S/C11H13ClN6O2S/c1-11(2,3)9-15-16-10(17(9)13)21-8-7(12)4-6(5-14-8)18(19)20/h4-5H,13H2,1-3H3. The molecule has 0 aliphatic heterocycles. The highest BCUT2D eigenvalue weighted by Crippen LogP contribution is 2.33. The molecular weight excluding hydrogens is 316 g/mol. The zero-order chi connectivity index (χ0) is 15.8. The van der Waals surface area contributed by atoms with E-state index in [0.29, 0.717) is 16.0 Å². The molecule has 10 heteroatoms. The highest BCUT2D eigenvalue weighted by molar-refractivity contribution is 7.99. The lowest BCUT2D eigenvalue weighted by Gasteiger charge is -2.16. The highest BCUT2D eigenvalue weighted by Gasteiger charge is 2.24. The van der Waals surface area contributed by atoms with Crippen molar-refractivity contribution in [1.82, 2.24) is 19.9 Å².